The van der Waals surface area contributed by atoms with Crippen LogP contribution in [-0.2, 0) is 0 Å². The molecule has 1 heterocycles. The molecule has 2 N–H and O–H groups in total. The number of anilines is 1. The van der Waals surface area contributed by atoms with Crippen LogP contribution < -0.4 is 10.6 Å². The highest BCUT2D eigenvalue weighted by Crippen LogP contribution is 2.29. The highest BCUT2D eigenvalue weighted by molar-refractivity contribution is 5.30. The van der Waals surface area contributed by atoms with E-state index in [4.69, 9.17) is 5.73 Å². The van der Waals surface area contributed by atoms with Crippen LogP contribution in [0, 0.1) is 11.7 Å². The minimum atomic E-state index is -0.404. The van der Waals surface area contributed by atoms with Gasteiger partial charge >= 0.3 is 0 Å². The summed E-state index contributed by atoms with van der Waals surface area (Å²) < 4.78 is 12.7. The molecule has 1 aromatic rings. The first-order valence-corrected chi connectivity index (χ1v) is 5.63. The summed E-state index contributed by atoms with van der Waals surface area (Å²) in [5.41, 5.74) is 5.74. The van der Waals surface area contributed by atoms with Crippen LogP contribution in [0.25, 0.3) is 0 Å². The molecule has 0 aliphatic heterocycles. The molecule has 0 radical (unpaired) electrons. The van der Waals surface area contributed by atoms with Gasteiger partial charge in [-0.05, 0) is 25.3 Å². The maximum absolute atomic E-state index is 12.7. The Kier molecular flexibility index (Phi) is 3.33. The van der Waals surface area contributed by atoms with Crippen LogP contribution >= 0.6 is 0 Å². The van der Waals surface area contributed by atoms with Gasteiger partial charge in [0.15, 0.2) is 5.82 Å². The molecule has 1 aliphatic carbocycles. The third-order valence-corrected chi connectivity index (χ3v) is 3.34. The molecule has 0 amide bonds. The summed E-state index contributed by atoms with van der Waals surface area (Å²) in [7, 11) is 1.95. The largest absolute Gasteiger partial charge is 0.341 e. The van der Waals surface area contributed by atoms with Crippen molar-refractivity contribution in [3.05, 3.63) is 18.2 Å². The van der Waals surface area contributed by atoms with Gasteiger partial charge in [0, 0.05) is 13.1 Å². The van der Waals surface area contributed by atoms with Crippen LogP contribution in [0.1, 0.15) is 19.3 Å². The molecule has 0 aromatic carbocycles. The smallest absolute Gasteiger partial charge is 0.225 e. The number of nitrogens with zero attached hydrogens (tertiary/aromatic N) is 3. The number of hydrogen-bond donors (Lipinski definition) is 1. The van der Waals surface area contributed by atoms with Gasteiger partial charge in [-0.25, -0.2) is 14.4 Å². The summed E-state index contributed by atoms with van der Waals surface area (Å²) in [5, 5.41) is 0. The lowest BCUT2D eigenvalue weighted by Crippen LogP contribution is -2.38. The van der Waals surface area contributed by atoms with E-state index < -0.39 is 5.82 Å². The lowest BCUT2D eigenvalue weighted by molar-refractivity contribution is 0.468. The van der Waals surface area contributed by atoms with E-state index in [-0.39, 0.29) is 0 Å². The summed E-state index contributed by atoms with van der Waals surface area (Å²) >= 11 is 0. The van der Waals surface area contributed by atoms with Crippen molar-refractivity contribution < 1.29 is 4.39 Å². The van der Waals surface area contributed by atoms with Gasteiger partial charge in [-0.1, -0.05) is 6.42 Å². The third-order valence-electron chi connectivity index (χ3n) is 3.34. The summed E-state index contributed by atoms with van der Waals surface area (Å²) in [5.74, 6) is 0.671. The number of aromatic nitrogens is 2. The molecule has 2 unspecified atom stereocenters. The fourth-order valence-electron chi connectivity index (χ4n) is 2.44. The molecule has 0 spiro atoms. The van der Waals surface area contributed by atoms with Crippen LogP contribution in [-0.4, -0.2) is 29.6 Å². The van der Waals surface area contributed by atoms with Crippen molar-refractivity contribution in [3.8, 4) is 0 Å². The van der Waals surface area contributed by atoms with E-state index >= 15 is 0 Å². The van der Waals surface area contributed by atoms with Gasteiger partial charge in [0.2, 0.25) is 5.95 Å². The highest BCUT2D eigenvalue weighted by Gasteiger charge is 2.30. The molecule has 1 aliphatic rings. The first-order valence-electron chi connectivity index (χ1n) is 5.63. The van der Waals surface area contributed by atoms with E-state index in [1.54, 1.807) is 0 Å². The second-order valence-corrected chi connectivity index (χ2v) is 4.31. The number of rotatable bonds is 3. The zero-order valence-electron chi connectivity index (χ0n) is 9.43. The number of halogens is 1. The molecule has 4 nitrogen and oxygen atoms in total. The van der Waals surface area contributed by atoms with Gasteiger partial charge < -0.3 is 10.6 Å². The van der Waals surface area contributed by atoms with Crippen LogP contribution in [0.2, 0.25) is 0 Å². The fourth-order valence-corrected chi connectivity index (χ4v) is 2.44. The Morgan fingerprint density at radius 1 is 1.44 bits per heavy atom. The summed E-state index contributed by atoms with van der Waals surface area (Å²) in [6.07, 6.45) is 5.86. The summed E-state index contributed by atoms with van der Waals surface area (Å²) in [6, 6.07) is 0.385. The van der Waals surface area contributed by atoms with E-state index in [1.165, 1.54) is 18.8 Å². The molecule has 1 saturated carbocycles. The molecule has 16 heavy (non-hydrogen) atoms. The Hall–Kier alpha value is -1.23. The molecule has 0 saturated heterocycles. The minimum Gasteiger partial charge on any atom is -0.341 e. The molecule has 0 bridgehead atoms. The molecule has 5 heteroatoms. The molecular formula is C11H17FN4. The number of hydrogen-bond acceptors (Lipinski definition) is 4. The van der Waals surface area contributed by atoms with Gasteiger partial charge in [-0.2, -0.15) is 0 Å². The SMILES string of the molecule is CN(c1ncc(F)cn1)C1CCCC1CN. The first-order chi connectivity index (χ1) is 7.72. The predicted molar refractivity (Wildman–Crippen MR) is 60.6 cm³/mol. The molecular weight excluding hydrogens is 207 g/mol. The fraction of sp³-hybridized carbons (Fsp3) is 0.636. The Labute approximate surface area is 94.7 Å². The summed E-state index contributed by atoms with van der Waals surface area (Å²) in [4.78, 5) is 10.00. The second-order valence-electron chi connectivity index (χ2n) is 4.31. The van der Waals surface area contributed by atoms with Crippen LogP contribution in [0.4, 0.5) is 10.3 Å². The normalized spacial score (nSPS) is 24.7. The molecule has 2 rings (SSSR count). The van der Waals surface area contributed by atoms with Crippen molar-refractivity contribution in [2.24, 2.45) is 11.7 Å². The second kappa shape index (κ2) is 4.74. The van der Waals surface area contributed by atoms with Gasteiger partial charge in [-0.3, -0.25) is 0 Å². The van der Waals surface area contributed by atoms with Crippen LogP contribution in [0.3, 0.4) is 0 Å². The monoisotopic (exact) mass is 224 g/mol. The van der Waals surface area contributed by atoms with Crippen molar-refractivity contribution >= 4 is 5.95 Å². The lowest BCUT2D eigenvalue weighted by Gasteiger charge is -2.28. The van der Waals surface area contributed by atoms with Crippen LogP contribution in [0.15, 0.2) is 12.4 Å². The Morgan fingerprint density at radius 3 is 2.75 bits per heavy atom. The summed E-state index contributed by atoms with van der Waals surface area (Å²) in [6.45, 7) is 0.691. The number of nitrogens with two attached hydrogens (primary N) is 1. The van der Waals surface area contributed by atoms with Gasteiger partial charge in [0.1, 0.15) is 0 Å². The van der Waals surface area contributed by atoms with Crippen LogP contribution in [0.5, 0.6) is 0 Å². The van der Waals surface area contributed by atoms with E-state index in [1.807, 2.05) is 11.9 Å². The zero-order chi connectivity index (χ0) is 11.5. The standard InChI is InChI=1S/C11H17FN4/c1-16(10-4-2-3-8(10)5-13)11-14-6-9(12)7-15-11/h6-8,10H,2-5,13H2,1H3. The van der Waals surface area contributed by atoms with E-state index in [0.717, 1.165) is 12.8 Å². The van der Waals surface area contributed by atoms with Gasteiger partial charge in [0.05, 0.1) is 12.4 Å². The van der Waals surface area contributed by atoms with Crippen molar-refractivity contribution in [3.63, 3.8) is 0 Å². The third kappa shape index (κ3) is 2.14. The first kappa shape index (κ1) is 11.3. The quantitative estimate of drug-likeness (QED) is 0.837. The molecule has 88 valence electrons. The average Bonchev–Trinajstić information content (AvgIpc) is 2.77. The maximum atomic E-state index is 12.7. The predicted octanol–water partition coefficient (Wildman–Crippen LogP) is 1.18. The van der Waals surface area contributed by atoms with Crippen molar-refractivity contribution in [2.45, 2.75) is 25.3 Å². The van der Waals surface area contributed by atoms with E-state index in [0.29, 0.717) is 24.5 Å². The van der Waals surface area contributed by atoms with Crippen molar-refractivity contribution in [1.29, 1.82) is 0 Å². The van der Waals surface area contributed by atoms with E-state index in [9.17, 15) is 4.39 Å². The van der Waals surface area contributed by atoms with Crippen molar-refractivity contribution in [1.82, 2.24) is 9.97 Å². The lowest BCUT2D eigenvalue weighted by atomic mass is 10.0. The average molecular weight is 224 g/mol. The van der Waals surface area contributed by atoms with Gasteiger partial charge in [0.25, 0.3) is 0 Å². The van der Waals surface area contributed by atoms with Crippen molar-refractivity contribution in [2.75, 3.05) is 18.5 Å². The van der Waals surface area contributed by atoms with Gasteiger partial charge in [-0.15, -0.1) is 0 Å². The minimum absolute atomic E-state index is 0.385. The maximum Gasteiger partial charge on any atom is 0.225 e. The molecule has 1 aromatic heterocycles. The molecule has 1 fully saturated rings. The Morgan fingerprint density at radius 2 is 2.12 bits per heavy atom. The Balaban J connectivity index is 2.12. The highest BCUT2D eigenvalue weighted by atomic mass is 19.1. The van der Waals surface area contributed by atoms with E-state index in [2.05, 4.69) is 9.97 Å². The Bertz CT molecular complexity index is 340. The molecule has 2 atom stereocenters. The topological polar surface area (TPSA) is 55.0 Å². The zero-order valence-corrected chi connectivity index (χ0v) is 9.43.